The van der Waals surface area contributed by atoms with Gasteiger partial charge in [-0.1, -0.05) is 34.6 Å². The van der Waals surface area contributed by atoms with Crippen molar-refractivity contribution < 1.29 is 0 Å². The topological polar surface area (TPSA) is 51.8 Å². The molecule has 4 heteroatoms. The molecule has 15 heavy (non-hydrogen) atoms. The Morgan fingerprint density at radius 1 is 1.20 bits per heavy atom. The quantitative estimate of drug-likeness (QED) is 0.809. The molecular weight excluding hydrogens is 301 g/mol. The second-order valence-corrected chi connectivity index (χ2v) is 6.11. The minimum atomic E-state index is 0.0111. The van der Waals surface area contributed by atoms with Crippen LogP contribution in [0.4, 0.5) is 5.82 Å². The highest BCUT2D eigenvalue weighted by Gasteiger charge is 2.22. The maximum absolute atomic E-state index is 5.90. The molecular formula is C11H18IN3. The van der Waals surface area contributed by atoms with Gasteiger partial charge in [0.05, 0.1) is 9.26 Å². The lowest BCUT2D eigenvalue weighted by Crippen LogP contribution is -2.19. The molecule has 0 spiro atoms. The van der Waals surface area contributed by atoms with E-state index in [1.165, 1.54) is 0 Å². The van der Waals surface area contributed by atoms with E-state index < -0.39 is 0 Å². The Hall–Kier alpha value is -0.390. The predicted octanol–water partition coefficient (Wildman–Crippen LogP) is 3.08. The Bertz CT molecular complexity index is 367. The summed E-state index contributed by atoms with van der Waals surface area (Å²) < 4.78 is 0.976. The van der Waals surface area contributed by atoms with E-state index in [1.807, 2.05) is 0 Å². The van der Waals surface area contributed by atoms with Crippen LogP contribution in [0.5, 0.6) is 0 Å². The number of hydrogen-bond donors (Lipinski definition) is 1. The molecule has 3 nitrogen and oxygen atoms in total. The van der Waals surface area contributed by atoms with Gasteiger partial charge in [-0.25, -0.2) is 9.97 Å². The molecule has 1 aromatic rings. The summed E-state index contributed by atoms with van der Waals surface area (Å²) in [7, 11) is 0. The van der Waals surface area contributed by atoms with Gasteiger partial charge in [0.25, 0.3) is 0 Å². The summed E-state index contributed by atoms with van der Waals surface area (Å²) in [4.78, 5) is 8.91. The fourth-order valence-corrected chi connectivity index (χ4v) is 2.29. The van der Waals surface area contributed by atoms with Crippen LogP contribution in [-0.2, 0) is 5.41 Å². The van der Waals surface area contributed by atoms with Crippen LogP contribution in [0, 0.1) is 3.57 Å². The van der Waals surface area contributed by atoms with Gasteiger partial charge in [0.15, 0.2) is 0 Å². The molecule has 0 amide bonds. The van der Waals surface area contributed by atoms with E-state index >= 15 is 0 Å². The monoisotopic (exact) mass is 319 g/mol. The highest BCUT2D eigenvalue weighted by atomic mass is 127. The van der Waals surface area contributed by atoms with Gasteiger partial charge in [-0.3, -0.25) is 0 Å². The molecule has 0 unspecified atom stereocenters. The first kappa shape index (κ1) is 12.7. The molecule has 0 bridgehead atoms. The Labute approximate surface area is 105 Å². The van der Waals surface area contributed by atoms with Crippen molar-refractivity contribution >= 4 is 28.4 Å². The lowest BCUT2D eigenvalue weighted by Gasteiger charge is -2.21. The van der Waals surface area contributed by atoms with Crippen molar-refractivity contribution in [3.63, 3.8) is 0 Å². The molecule has 1 aromatic heterocycles. The second-order valence-electron chi connectivity index (χ2n) is 5.03. The molecule has 0 atom stereocenters. The number of aromatic nitrogens is 2. The SMILES string of the molecule is CC(C)c1nc(N)c(I)c(C(C)(C)C)n1. The molecule has 0 saturated carbocycles. The highest BCUT2D eigenvalue weighted by molar-refractivity contribution is 14.1. The number of nitrogens with zero attached hydrogens (tertiary/aromatic N) is 2. The summed E-state index contributed by atoms with van der Waals surface area (Å²) in [6.45, 7) is 10.6. The number of hydrogen-bond acceptors (Lipinski definition) is 3. The predicted molar refractivity (Wildman–Crippen MR) is 72.0 cm³/mol. The van der Waals surface area contributed by atoms with E-state index in [-0.39, 0.29) is 5.41 Å². The molecule has 0 aliphatic heterocycles. The largest absolute Gasteiger partial charge is 0.383 e. The number of anilines is 1. The van der Waals surface area contributed by atoms with Crippen LogP contribution in [0.3, 0.4) is 0 Å². The molecule has 0 saturated heterocycles. The Balaban J connectivity index is 3.38. The highest BCUT2D eigenvalue weighted by Crippen LogP contribution is 2.29. The third kappa shape index (κ3) is 2.80. The summed E-state index contributed by atoms with van der Waals surface area (Å²) in [6, 6.07) is 0. The van der Waals surface area contributed by atoms with Crippen LogP contribution >= 0.6 is 22.6 Å². The van der Waals surface area contributed by atoms with Gasteiger partial charge < -0.3 is 5.73 Å². The Kier molecular flexibility index (Phi) is 3.58. The van der Waals surface area contributed by atoms with Crippen molar-refractivity contribution in [3.05, 3.63) is 15.1 Å². The van der Waals surface area contributed by atoms with Crippen LogP contribution in [0.15, 0.2) is 0 Å². The lowest BCUT2D eigenvalue weighted by atomic mass is 9.91. The molecule has 0 radical (unpaired) electrons. The molecule has 0 fully saturated rings. The van der Waals surface area contributed by atoms with Crippen molar-refractivity contribution in [2.24, 2.45) is 0 Å². The Morgan fingerprint density at radius 2 is 1.73 bits per heavy atom. The summed E-state index contributed by atoms with van der Waals surface area (Å²) in [5.74, 6) is 1.74. The summed E-state index contributed by atoms with van der Waals surface area (Å²) >= 11 is 2.22. The number of rotatable bonds is 1. The van der Waals surface area contributed by atoms with Gasteiger partial charge in [0.1, 0.15) is 11.6 Å². The maximum atomic E-state index is 5.90. The molecule has 2 N–H and O–H groups in total. The Morgan fingerprint density at radius 3 is 2.13 bits per heavy atom. The fraction of sp³-hybridized carbons (Fsp3) is 0.636. The average Bonchev–Trinajstić information content (AvgIpc) is 2.06. The molecule has 0 aromatic carbocycles. The smallest absolute Gasteiger partial charge is 0.140 e. The van der Waals surface area contributed by atoms with E-state index in [4.69, 9.17) is 5.73 Å². The van der Waals surface area contributed by atoms with Crippen LogP contribution in [0.25, 0.3) is 0 Å². The number of halogens is 1. The molecule has 1 rings (SSSR count). The zero-order valence-electron chi connectivity index (χ0n) is 9.93. The molecule has 0 aliphatic carbocycles. The van der Waals surface area contributed by atoms with Gasteiger partial charge in [0.2, 0.25) is 0 Å². The van der Waals surface area contributed by atoms with Crippen molar-refractivity contribution in [3.8, 4) is 0 Å². The minimum absolute atomic E-state index is 0.0111. The van der Waals surface area contributed by atoms with Crippen LogP contribution in [0.2, 0.25) is 0 Å². The standard InChI is InChI=1S/C11H18IN3/c1-6(2)10-14-8(11(3,4)5)7(12)9(13)15-10/h6H,1-5H3,(H2,13,14,15). The normalized spacial score (nSPS) is 12.2. The first-order valence-electron chi connectivity index (χ1n) is 5.07. The number of nitrogen functional groups attached to an aromatic ring is 1. The van der Waals surface area contributed by atoms with Crippen molar-refractivity contribution in [1.82, 2.24) is 9.97 Å². The van der Waals surface area contributed by atoms with Crippen LogP contribution < -0.4 is 5.73 Å². The summed E-state index contributed by atoms with van der Waals surface area (Å²) in [5, 5.41) is 0. The summed E-state index contributed by atoms with van der Waals surface area (Å²) in [6.07, 6.45) is 0. The van der Waals surface area contributed by atoms with Gasteiger partial charge >= 0.3 is 0 Å². The lowest BCUT2D eigenvalue weighted by molar-refractivity contribution is 0.555. The van der Waals surface area contributed by atoms with Gasteiger partial charge in [0, 0.05) is 11.3 Å². The van der Waals surface area contributed by atoms with E-state index in [1.54, 1.807) is 0 Å². The van der Waals surface area contributed by atoms with Crippen molar-refractivity contribution in [1.29, 1.82) is 0 Å². The summed E-state index contributed by atoms with van der Waals surface area (Å²) in [5.41, 5.74) is 6.95. The maximum Gasteiger partial charge on any atom is 0.140 e. The molecule has 84 valence electrons. The van der Waals surface area contributed by atoms with E-state index in [9.17, 15) is 0 Å². The van der Waals surface area contributed by atoms with Gasteiger partial charge in [-0.15, -0.1) is 0 Å². The second kappa shape index (κ2) is 4.23. The first-order chi connectivity index (χ1) is 6.73. The fourth-order valence-electron chi connectivity index (χ4n) is 1.24. The number of nitrogens with two attached hydrogens (primary N) is 1. The third-order valence-corrected chi connectivity index (χ3v) is 3.18. The van der Waals surface area contributed by atoms with E-state index in [0.29, 0.717) is 11.7 Å². The van der Waals surface area contributed by atoms with Crippen molar-refractivity contribution in [2.45, 2.75) is 46.0 Å². The zero-order chi connectivity index (χ0) is 11.8. The van der Waals surface area contributed by atoms with Crippen LogP contribution in [0.1, 0.15) is 52.1 Å². The average molecular weight is 319 g/mol. The van der Waals surface area contributed by atoms with Gasteiger partial charge in [-0.05, 0) is 22.6 Å². The zero-order valence-corrected chi connectivity index (χ0v) is 12.1. The van der Waals surface area contributed by atoms with Gasteiger partial charge in [-0.2, -0.15) is 0 Å². The van der Waals surface area contributed by atoms with E-state index in [2.05, 4.69) is 67.2 Å². The minimum Gasteiger partial charge on any atom is -0.383 e. The third-order valence-electron chi connectivity index (χ3n) is 2.12. The molecule has 1 heterocycles. The molecule has 0 aliphatic rings. The van der Waals surface area contributed by atoms with E-state index in [0.717, 1.165) is 15.1 Å². The van der Waals surface area contributed by atoms with Crippen molar-refractivity contribution in [2.75, 3.05) is 5.73 Å². The first-order valence-corrected chi connectivity index (χ1v) is 6.14. The van der Waals surface area contributed by atoms with Crippen LogP contribution in [-0.4, -0.2) is 9.97 Å².